The van der Waals surface area contributed by atoms with E-state index >= 15 is 0 Å². The first-order valence-corrected chi connectivity index (χ1v) is 41.2. The number of esters is 4. The van der Waals surface area contributed by atoms with Crippen LogP contribution < -0.4 is 33.3 Å². The summed E-state index contributed by atoms with van der Waals surface area (Å²) in [6.07, 6.45) is -6.20. The number of hydrogen-bond donors (Lipinski definition) is 11. The second-order valence-corrected chi connectivity index (χ2v) is 40.1. The number of aliphatic hydroxyl groups is 3. The Balaban J connectivity index is 0.000000627. The van der Waals surface area contributed by atoms with Gasteiger partial charge in [0.05, 0.1) is 43.8 Å². The molecule has 2 aliphatic rings. The number of nitrogens with two attached hydrogens (primary N) is 1. The number of nitrogens with zero attached hydrogens (tertiary/aromatic N) is 3. The first kappa shape index (κ1) is 84.6. The van der Waals surface area contributed by atoms with Crippen LogP contribution >= 0.6 is 63.4 Å². The second-order valence-electron chi connectivity index (χ2n) is 23.9. The quantitative estimate of drug-likeness (QED) is 0.0264. The van der Waals surface area contributed by atoms with Crippen molar-refractivity contribution in [3.05, 3.63) is 54.8 Å². The molecule has 523 valence electrons. The molecule has 0 radical (unpaired) electrons. The molecule has 0 bridgehead atoms. The molecular weight excluding hydrogens is 1570 g/mol. The number of rotatable bonds is 22. The molecule has 2 saturated heterocycles. The van der Waals surface area contributed by atoms with E-state index in [1.807, 2.05) is 0 Å². The summed E-state index contributed by atoms with van der Waals surface area (Å²) in [4.78, 5) is 154. The zero-order chi connectivity index (χ0) is 71.4. The van der Waals surface area contributed by atoms with Crippen molar-refractivity contribution in [3.8, 4) is 23.7 Å². The van der Waals surface area contributed by atoms with Gasteiger partial charge in [0, 0.05) is 50.9 Å². The van der Waals surface area contributed by atoms with E-state index in [-0.39, 0.29) is 55.5 Å². The fraction of sp³-hybridized carbons (Fsp3) is 0.654. The van der Waals surface area contributed by atoms with Crippen LogP contribution in [0.2, 0.25) is 0 Å². The normalized spacial score (nSPS) is 20.0. The molecule has 6 unspecified atom stereocenters. The van der Waals surface area contributed by atoms with Gasteiger partial charge < -0.3 is 79.7 Å². The summed E-state index contributed by atoms with van der Waals surface area (Å²) in [5.41, 5.74) is -0.0565. The van der Waals surface area contributed by atoms with E-state index in [4.69, 9.17) is 43.9 Å². The number of anilines is 1. The maximum absolute atomic E-state index is 12.7. The predicted octanol–water partition coefficient (Wildman–Crippen LogP) is 2.14. The standard InChI is InChI=1S/C26H41N4O18P3.C26H37N3O10.2HI.V/c1-25(2,3)45-21(33)11-16(23(34)46-26(4,5)6)28-19(32)10-8-7-9-15-13-30(24(35)29-22(15)27)20-12-17(31)18(44-20)14-43-50(39,40)48-51(41,42)47-49(36,37)38;1-25(2,3)38-21(33)11-16(23(35)39-26(4,5)6)27-19(32)10-8-7-9-15-13-29(24(36)28-22(15)34)20-12-17(31)18(14-30)37-20;;;/h13,16-18,20,31H,8,10-12,14H2,1-6H3,(H,28,32)(H,39,40)(H,41,42)(H2,27,29,35)(H2,36,37,38);13,16-18,20,30-31H,8,10-12,14H2,1-6H3,(H,27,32)(H,28,34,36);2*1H;/q;;;;+2/p-2/t2*16?,17?,18-,20-;;;/m11.../s1. The third-order valence-corrected chi connectivity index (χ3v) is 14.8. The van der Waals surface area contributed by atoms with Crippen LogP contribution in [0.15, 0.2) is 26.8 Å². The minimum absolute atomic E-state index is 0.00127. The van der Waals surface area contributed by atoms with Crippen molar-refractivity contribution in [1.29, 1.82) is 0 Å². The molecule has 41 heteroatoms. The van der Waals surface area contributed by atoms with Crippen molar-refractivity contribution in [3.63, 3.8) is 0 Å². The van der Waals surface area contributed by atoms with Crippen LogP contribution in [0, 0.1) is 23.7 Å². The number of ether oxygens (including phenoxy) is 6. The maximum atomic E-state index is 12.7. The van der Waals surface area contributed by atoms with Gasteiger partial charge in [-0.05, 0) is 83.1 Å². The number of nitrogen functional groups attached to an aromatic ring is 1. The fourth-order valence-corrected chi connectivity index (χ4v) is 10.6. The van der Waals surface area contributed by atoms with Crippen LogP contribution in [0.25, 0.3) is 0 Å². The molecule has 2 aromatic heterocycles. The van der Waals surface area contributed by atoms with Crippen LogP contribution in [-0.4, -0.2) is 162 Å². The minimum atomic E-state index is -5.78. The van der Waals surface area contributed by atoms with E-state index in [0.717, 1.165) is 15.3 Å². The number of hydrogen-bond acceptors (Lipinski definition) is 26. The number of aliphatic hydroxyl groups excluding tert-OH is 3. The van der Waals surface area contributed by atoms with Gasteiger partial charge in [-0.2, -0.15) is 13.6 Å². The summed E-state index contributed by atoms with van der Waals surface area (Å²) in [6, 6.07) is -2.61. The van der Waals surface area contributed by atoms with E-state index in [1.54, 1.807) is 83.1 Å². The van der Waals surface area contributed by atoms with Crippen LogP contribution in [-0.2, 0) is 93.5 Å². The molecule has 12 N–H and O–H groups in total. The molecule has 0 spiro atoms. The summed E-state index contributed by atoms with van der Waals surface area (Å²) >= 11 is 4.74. The van der Waals surface area contributed by atoms with Crippen molar-refractivity contribution in [2.45, 2.75) is 206 Å². The number of halogens is 2. The van der Waals surface area contributed by atoms with Crippen LogP contribution in [0.5, 0.6) is 0 Å². The Hall–Kier alpha value is -4.45. The number of nitrogens with one attached hydrogen (secondary N) is 3. The number of phosphoric ester groups is 1. The molecule has 2 aliphatic heterocycles. The number of phosphoric acid groups is 3. The van der Waals surface area contributed by atoms with Crippen LogP contribution in [0.4, 0.5) is 5.82 Å². The van der Waals surface area contributed by atoms with Crippen molar-refractivity contribution >= 4 is 105 Å². The van der Waals surface area contributed by atoms with Gasteiger partial charge in [-0.25, -0.2) is 32.9 Å². The average Bonchev–Trinajstić information content (AvgIpc) is 1.75. The Bertz CT molecular complexity index is 3430. The van der Waals surface area contributed by atoms with Crippen LogP contribution in [0.1, 0.15) is 158 Å². The van der Waals surface area contributed by atoms with E-state index in [9.17, 15) is 82.0 Å². The molecule has 2 aromatic rings. The molecule has 2 amide bonds. The Labute approximate surface area is 562 Å². The molecule has 10 atom stereocenters. The average molecular weight is 1650 g/mol. The molecule has 0 aliphatic carbocycles. The molecule has 0 aromatic carbocycles. The Morgan fingerprint density at radius 1 is 0.688 bits per heavy atom. The monoisotopic (exact) mass is 1650 g/mol. The molecule has 93 heavy (non-hydrogen) atoms. The molecule has 4 rings (SSSR count). The van der Waals surface area contributed by atoms with E-state index in [0.29, 0.717) is 9.47 Å². The number of carbonyl (C=O) groups excluding carboxylic acids is 6. The van der Waals surface area contributed by atoms with Crippen molar-refractivity contribution < 1.29 is 128 Å². The molecule has 35 nitrogen and oxygen atoms in total. The second kappa shape index (κ2) is 36.8. The molecule has 0 saturated carbocycles. The summed E-state index contributed by atoms with van der Waals surface area (Å²) in [5.74, 6) is 6.01. The SMILES string of the molecule is CC(C)(C)OC(=O)CC(NC(=O)CCC#Cc1cn([C@H]2CC(O)[C@@H](CO)O2)c(=O)[nH]c1=O)C(=O)OC(C)(C)C.CC(C)(C)OC(=O)CC(NC(=O)CCC#Cc1cn([C@H]2CC(O)[C@@H](COP(=O)(O)OP(=O)(O)OP(=O)(O)O)O2)c(=O)nc1N)C(=O)OC(C)(C)C.[I][V][I]. The zero-order valence-corrected chi connectivity index (χ0v) is 60.9. The van der Waals surface area contributed by atoms with Gasteiger partial charge in [-0.15, -0.1) is 0 Å². The fourth-order valence-electron chi connectivity index (χ4n) is 7.56. The number of carbonyl (C=O) groups is 6. The van der Waals surface area contributed by atoms with Gasteiger partial charge in [-0.1, -0.05) is 23.7 Å². The van der Waals surface area contributed by atoms with E-state index < -0.39 is 174 Å². The summed E-state index contributed by atoms with van der Waals surface area (Å²) in [6.45, 7) is 18.4. The van der Waals surface area contributed by atoms with Gasteiger partial charge in [-0.3, -0.25) is 42.6 Å². The molecule has 4 heterocycles. The molecular formula is C52H78I2N7O28P3V. The first-order valence-electron chi connectivity index (χ1n) is 27.6. The molecule has 2 fully saturated rings. The van der Waals surface area contributed by atoms with Gasteiger partial charge in [0.1, 0.15) is 70.5 Å². The van der Waals surface area contributed by atoms with Gasteiger partial charge in [0.2, 0.25) is 11.8 Å². The Morgan fingerprint density at radius 2 is 1.10 bits per heavy atom. The van der Waals surface area contributed by atoms with Gasteiger partial charge in [0.25, 0.3) is 5.56 Å². The third-order valence-electron chi connectivity index (χ3n) is 11.0. The number of aromatic nitrogens is 4. The van der Waals surface area contributed by atoms with Gasteiger partial charge in [0.15, 0.2) is 0 Å². The Morgan fingerprint density at radius 3 is 1.52 bits per heavy atom. The summed E-state index contributed by atoms with van der Waals surface area (Å²) < 4.78 is 80.0. The number of H-pyrrole nitrogens is 1. The van der Waals surface area contributed by atoms with Gasteiger partial charge >= 0.3 is 108 Å². The van der Waals surface area contributed by atoms with Crippen LogP contribution in [0.3, 0.4) is 0 Å². The van der Waals surface area contributed by atoms with Crippen molar-refractivity contribution in [1.82, 2.24) is 29.7 Å². The zero-order valence-electron chi connectivity index (χ0n) is 52.5. The Kier molecular flexibility index (Phi) is 33.5. The number of amides is 2. The number of aromatic amines is 1. The summed E-state index contributed by atoms with van der Waals surface area (Å²) in [7, 11) is -16.3. The van der Waals surface area contributed by atoms with Crippen molar-refractivity contribution in [2.24, 2.45) is 0 Å². The first-order chi connectivity index (χ1) is 42.4. The van der Waals surface area contributed by atoms with E-state index in [1.165, 1.54) is 6.20 Å². The third kappa shape index (κ3) is 33.9. The summed E-state index contributed by atoms with van der Waals surface area (Å²) in [5, 5.41) is 34.5. The topological polar surface area (TPSA) is 518 Å². The predicted molar refractivity (Wildman–Crippen MR) is 337 cm³/mol. The van der Waals surface area contributed by atoms with Crippen molar-refractivity contribution in [2.75, 3.05) is 18.9 Å². The van der Waals surface area contributed by atoms with E-state index in [2.05, 4.69) is 97.4 Å².